The molecule has 0 spiro atoms. The number of nitrogens with two attached hydrogens (primary N) is 1. The van der Waals surface area contributed by atoms with Gasteiger partial charge in [0.1, 0.15) is 5.54 Å². The van der Waals surface area contributed by atoms with Crippen LogP contribution in [0.3, 0.4) is 0 Å². The molecular formula is C12H21N3O3. The standard InChI is InChI=1S/C12H21N3O3/c13-11(17)12(3-7-18-8-4-12)14-9-10(16)15-5-1-2-6-15/h14H,1-9H2,(H2,13,17). The fourth-order valence-electron chi connectivity index (χ4n) is 2.55. The fraction of sp³-hybridized carbons (Fsp3) is 0.833. The smallest absolute Gasteiger partial charge is 0.237 e. The number of nitrogens with one attached hydrogen (secondary N) is 1. The Kier molecular flexibility index (Phi) is 4.19. The summed E-state index contributed by atoms with van der Waals surface area (Å²) >= 11 is 0. The third-order valence-corrected chi connectivity index (χ3v) is 3.85. The molecule has 2 fully saturated rings. The van der Waals surface area contributed by atoms with Gasteiger partial charge in [-0.2, -0.15) is 0 Å². The number of amides is 2. The number of rotatable bonds is 4. The second-order valence-electron chi connectivity index (χ2n) is 5.00. The molecule has 2 rings (SSSR count). The highest BCUT2D eigenvalue weighted by molar-refractivity contribution is 5.86. The van der Waals surface area contributed by atoms with E-state index in [1.54, 1.807) is 0 Å². The third kappa shape index (κ3) is 2.81. The fourth-order valence-corrected chi connectivity index (χ4v) is 2.55. The topological polar surface area (TPSA) is 84.7 Å². The molecule has 6 nitrogen and oxygen atoms in total. The molecule has 0 aromatic heterocycles. The van der Waals surface area contributed by atoms with Crippen LogP contribution in [0.5, 0.6) is 0 Å². The number of primary amides is 1. The number of hydrogen-bond donors (Lipinski definition) is 2. The molecule has 0 saturated carbocycles. The van der Waals surface area contributed by atoms with Gasteiger partial charge in [0, 0.05) is 26.3 Å². The maximum atomic E-state index is 11.9. The number of carbonyl (C=O) groups is 2. The Morgan fingerprint density at radius 1 is 1.22 bits per heavy atom. The maximum Gasteiger partial charge on any atom is 0.237 e. The Bertz CT molecular complexity index is 321. The van der Waals surface area contributed by atoms with Crippen molar-refractivity contribution < 1.29 is 14.3 Å². The van der Waals surface area contributed by atoms with Crippen LogP contribution in [-0.4, -0.2) is 55.1 Å². The molecule has 0 aromatic rings. The van der Waals surface area contributed by atoms with Gasteiger partial charge in [0.15, 0.2) is 0 Å². The van der Waals surface area contributed by atoms with Crippen molar-refractivity contribution in [2.75, 3.05) is 32.8 Å². The van der Waals surface area contributed by atoms with Crippen molar-refractivity contribution in [2.45, 2.75) is 31.2 Å². The molecule has 2 aliphatic heterocycles. The summed E-state index contributed by atoms with van der Waals surface area (Å²) in [6.07, 6.45) is 3.21. The van der Waals surface area contributed by atoms with E-state index in [-0.39, 0.29) is 18.4 Å². The first-order valence-corrected chi connectivity index (χ1v) is 6.54. The SMILES string of the molecule is NC(=O)C1(NCC(=O)N2CCCC2)CCOCC1. The van der Waals surface area contributed by atoms with E-state index in [9.17, 15) is 9.59 Å². The van der Waals surface area contributed by atoms with Gasteiger partial charge in [0.2, 0.25) is 11.8 Å². The monoisotopic (exact) mass is 255 g/mol. The van der Waals surface area contributed by atoms with Crippen LogP contribution >= 0.6 is 0 Å². The average Bonchev–Trinajstić information content (AvgIpc) is 2.91. The van der Waals surface area contributed by atoms with Crippen molar-refractivity contribution >= 4 is 11.8 Å². The second kappa shape index (κ2) is 5.67. The first kappa shape index (κ1) is 13.3. The van der Waals surface area contributed by atoms with E-state index in [0.717, 1.165) is 25.9 Å². The number of likely N-dealkylation sites (tertiary alicyclic amines) is 1. The van der Waals surface area contributed by atoms with Crippen molar-refractivity contribution in [3.8, 4) is 0 Å². The van der Waals surface area contributed by atoms with E-state index in [1.165, 1.54) is 0 Å². The summed E-state index contributed by atoms with van der Waals surface area (Å²) in [4.78, 5) is 25.4. The molecule has 2 heterocycles. The zero-order valence-corrected chi connectivity index (χ0v) is 10.6. The molecule has 0 unspecified atom stereocenters. The van der Waals surface area contributed by atoms with Crippen LogP contribution in [0.15, 0.2) is 0 Å². The average molecular weight is 255 g/mol. The minimum Gasteiger partial charge on any atom is -0.381 e. The molecule has 6 heteroatoms. The van der Waals surface area contributed by atoms with Crippen molar-refractivity contribution in [3.63, 3.8) is 0 Å². The van der Waals surface area contributed by atoms with Gasteiger partial charge < -0.3 is 15.4 Å². The number of carbonyl (C=O) groups excluding carboxylic acids is 2. The van der Waals surface area contributed by atoms with E-state index in [4.69, 9.17) is 10.5 Å². The zero-order valence-electron chi connectivity index (χ0n) is 10.6. The zero-order chi connectivity index (χ0) is 13.0. The minimum atomic E-state index is -0.770. The molecule has 0 atom stereocenters. The Morgan fingerprint density at radius 3 is 2.39 bits per heavy atom. The van der Waals surface area contributed by atoms with Gasteiger partial charge in [-0.3, -0.25) is 14.9 Å². The van der Waals surface area contributed by atoms with Crippen molar-refractivity contribution in [3.05, 3.63) is 0 Å². The van der Waals surface area contributed by atoms with Gasteiger partial charge in [0.25, 0.3) is 0 Å². The summed E-state index contributed by atoms with van der Waals surface area (Å²) in [7, 11) is 0. The van der Waals surface area contributed by atoms with Gasteiger partial charge in [-0.25, -0.2) is 0 Å². The molecule has 102 valence electrons. The van der Waals surface area contributed by atoms with Crippen LogP contribution in [-0.2, 0) is 14.3 Å². The molecule has 2 saturated heterocycles. The molecular weight excluding hydrogens is 234 g/mol. The van der Waals surface area contributed by atoms with Gasteiger partial charge in [-0.15, -0.1) is 0 Å². The Labute approximate surface area is 107 Å². The Morgan fingerprint density at radius 2 is 1.83 bits per heavy atom. The lowest BCUT2D eigenvalue weighted by atomic mass is 9.89. The quantitative estimate of drug-likeness (QED) is 0.691. The third-order valence-electron chi connectivity index (χ3n) is 3.85. The van der Waals surface area contributed by atoms with E-state index >= 15 is 0 Å². The van der Waals surface area contributed by atoms with Gasteiger partial charge in [-0.05, 0) is 25.7 Å². The highest BCUT2D eigenvalue weighted by Gasteiger charge is 2.38. The Hall–Kier alpha value is -1.14. The van der Waals surface area contributed by atoms with Crippen LogP contribution in [0.1, 0.15) is 25.7 Å². The summed E-state index contributed by atoms with van der Waals surface area (Å²) in [5, 5.41) is 3.07. The minimum absolute atomic E-state index is 0.0552. The van der Waals surface area contributed by atoms with E-state index in [2.05, 4.69) is 5.32 Å². The summed E-state index contributed by atoms with van der Waals surface area (Å²) < 4.78 is 5.24. The predicted molar refractivity (Wildman–Crippen MR) is 65.8 cm³/mol. The first-order chi connectivity index (χ1) is 8.64. The van der Waals surface area contributed by atoms with Crippen molar-refractivity contribution in [1.82, 2.24) is 10.2 Å². The second-order valence-corrected chi connectivity index (χ2v) is 5.00. The normalized spacial score (nSPS) is 23.0. The van der Waals surface area contributed by atoms with Crippen molar-refractivity contribution in [2.24, 2.45) is 5.73 Å². The highest BCUT2D eigenvalue weighted by Crippen LogP contribution is 2.20. The van der Waals surface area contributed by atoms with Crippen LogP contribution in [0.4, 0.5) is 0 Å². The van der Waals surface area contributed by atoms with Gasteiger partial charge >= 0.3 is 0 Å². The van der Waals surface area contributed by atoms with Crippen LogP contribution in [0.2, 0.25) is 0 Å². The largest absolute Gasteiger partial charge is 0.381 e. The molecule has 0 aromatic carbocycles. The van der Waals surface area contributed by atoms with Gasteiger partial charge in [0.05, 0.1) is 6.54 Å². The predicted octanol–water partition coefficient (Wildman–Crippen LogP) is -0.767. The lowest BCUT2D eigenvalue weighted by Crippen LogP contribution is -2.60. The summed E-state index contributed by atoms with van der Waals surface area (Å²) in [6, 6.07) is 0. The van der Waals surface area contributed by atoms with Crippen LogP contribution in [0.25, 0.3) is 0 Å². The van der Waals surface area contributed by atoms with E-state index in [0.29, 0.717) is 26.1 Å². The lowest BCUT2D eigenvalue weighted by molar-refractivity contribution is -0.132. The summed E-state index contributed by atoms with van der Waals surface area (Å²) in [6.45, 7) is 2.85. The van der Waals surface area contributed by atoms with Crippen LogP contribution < -0.4 is 11.1 Å². The first-order valence-electron chi connectivity index (χ1n) is 6.54. The Balaban J connectivity index is 1.89. The summed E-state index contributed by atoms with van der Waals surface area (Å²) in [5.74, 6) is -0.334. The number of hydrogen-bond acceptors (Lipinski definition) is 4. The van der Waals surface area contributed by atoms with Crippen molar-refractivity contribution in [1.29, 1.82) is 0 Å². The van der Waals surface area contributed by atoms with E-state index in [1.807, 2.05) is 4.90 Å². The van der Waals surface area contributed by atoms with Gasteiger partial charge in [-0.1, -0.05) is 0 Å². The molecule has 2 amide bonds. The molecule has 2 aliphatic rings. The van der Waals surface area contributed by atoms with Crippen LogP contribution in [0, 0.1) is 0 Å². The van der Waals surface area contributed by atoms with E-state index < -0.39 is 5.54 Å². The molecule has 3 N–H and O–H groups in total. The lowest BCUT2D eigenvalue weighted by Gasteiger charge is -2.35. The number of nitrogens with zero attached hydrogens (tertiary/aromatic N) is 1. The summed E-state index contributed by atoms with van der Waals surface area (Å²) in [5.41, 5.74) is 4.69. The highest BCUT2D eigenvalue weighted by atomic mass is 16.5. The maximum absolute atomic E-state index is 11.9. The molecule has 0 radical (unpaired) electrons. The molecule has 0 aliphatic carbocycles. The molecule has 0 bridgehead atoms. The number of ether oxygens (including phenoxy) is 1. The molecule has 18 heavy (non-hydrogen) atoms.